The Morgan fingerprint density at radius 1 is 1.42 bits per heavy atom. The number of hydrogen-bond acceptors (Lipinski definition) is 3. The Morgan fingerprint density at radius 3 is 2.79 bits per heavy atom. The lowest BCUT2D eigenvalue weighted by atomic mass is 10.1. The van der Waals surface area contributed by atoms with Gasteiger partial charge in [-0.05, 0) is 31.2 Å². The molecule has 0 unspecified atom stereocenters. The molecule has 2 aromatic rings. The lowest BCUT2D eigenvalue weighted by Crippen LogP contribution is -2.27. The van der Waals surface area contributed by atoms with Crippen LogP contribution in [-0.2, 0) is 6.54 Å². The highest BCUT2D eigenvalue weighted by atomic mass is 19.1. The Labute approximate surface area is 110 Å². The molecule has 0 fully saturated rings. The average Bonchev–Trinajstić information content (AvgIpc) is 2.77. The third-order valence-corrected chi connectivity index (χ3v) is 2.97. The molecule has 1 aromatic carbocycles. The molecular formula is C14H15FN2O2. The summed E-state index contributed by atoms with van der Waals surface area (Å²) < 4.78 is 18.3. The van der Waals surface area contributed by atoms with Crippen LogP contribution >= 0.6 is 0 Å². The van der Waals surface area contributed by atoms with Gasteiger partial charge < -0.3 is 15.1 Å². The molecule has 1 heterocycles. The van der Waals surface area contributed by atoms with Crippen LogP contribution < -0.4 is 5.73 Å². The van der Waals surface area contributed by atoms with Gasteiger partial charge >= 0.3 is 0 Å². The van der Waals surface area contributed by atoms with E-state index in [1.165, 1.54) is 17.0 Å². The van der Waals surface area contributed by atoms with Gasteiger partial charge in [-0.2, -0.15) is 0 Å². The second kappa shape index (κ2) is 5.14. The van der Waals surface area contributed by atoms with Gasteiger partial charge in [-0.25, -0.2) is 4.39 Å². The molecule has 0 saturated heterocycles. The minimum absolute atomic E-state index is 0.170. The molecule has 0 spiro atoms. The number of halogens is 1. The fourth-order valence-corrected chi connectivity index (χ4v) is 1.82. The number of carbonyl (C=O) groups excluding carboxylic acids is 1. The van der Waals surface area contributed by atoms with E-state index in [9.17, 15) is 9.18 Å². The third kappa shape index (κ3) is 2.76. The molecule has 0 bridgehead atoms. The summed E-state index contributed by atoms with van der Waals surface area (Å²) in [5.74, 6) is -0.0464. The Balaban J connectivity index is 2.19. The van der Waals surface area contributed by atoms with E-state index < -0.39 is 5.82 Å². The number of benzene rings is 1. The van der Waals surface area contributed by atoms with Crippen molar-refractivity contribution in [3.63, 3.8) is 0 Å². The summed E-state index contributed by atoms with van der Waals surface area (Å²) in [4.78, 5) is 13.7. The lowest BCUT2D eigenvalue weighted by molar-refractivity contribution is 0.0785. The second-order valence-corrected chi connectivity index (χ2v) is 4.39. The maximum Gasteiger partial charge on any atom is 0.256 e. The number of furan rings is 1. The highest BCUT2D eigenvalue weighted by Crippen LogP contribution is 2.17. The van der Waals surface area contributed by atoms with Crippen LogP contribution in [0.15, 0.2) is 34.9 Å². The van der Waals surface area contributed by atoms with Gasteiger partial charge in [0, 0.05) is 24.8 Å². The zero-order valence-electron chi connectivity index (χ0n) is 10.8. The van der Waals surface area contributed by atoms with E-state index in [4.69, 9.17) is 10.2 Å². The minimum atomic E-state index is -0.481. The van der Waals surface area contributed by atoms with Gasteiger partial charge in [0.05, 0.1) is 11.8 Å². The first-order valence-electron chi connectivity index (χ1n) is 5.82. The van der Waals surface area contributed by atoms with Gasteiger partial charge in [0.25, 0.3) is 5.91 Å². The molecule has 0 saturated carbocycles. The molecule has 2 N–H and O–H groups in total. The lowest BCUT2D eigenvalue weighted by Gasteiger charge is -2.17. The van der Waals surface area contributed by atoms with Crippen LogP contribution in [0.4, 0.5) is 10.1 Å². The minimum Gasteiger partial charge on any atom is -0.469 e. The molecular weight excluding hydrogens is 247 g/mol. The van der Waals surface area contributed by atoms with E-state index in [0.29, 0.717) is 6.54 Å². The number of hydrogen-bond donors (Lipinski definition) is 1. The Kier molecular flexibility index (Phi) is 3.55. The second-order valence-electron chi connectivity index (χ2n) is 4.39. The number of carbonyl (C=O) groups is 1. The largest absolute Gasteiger partial charge is 0.469 e. The van der Waals surface area contributed by atoms with Crippen molar-refractivity contribution in [2.75, 3.05) is 12.8 Å². The highest BCUT2D eigenvalue weighted by molar-refractivity contribution is 5.98. The van der Waals surface area contributed by atoms with Crippen molar-refractivity contribution < 1.29 is 13.6 Å². The molecule has 1 aromatic heterocycles. The van der Waals surface area contributed by atoms with Crippen molar-refractivity contribution in [2.45, 2.75) is 13.5 Å². The van der Waals surface area contributed by atoms with Crippen molar-refractivity contribution in [2.24, 2.45) is 0 Å². The maximum absolute atomic E-state index is 13.2. The van der Waals surface area contributed by atoms with E-state index in [0.717, 1.165) is 17.4 Å². The standard InChI is InChI=1S/C14H15FN2O2/c1-9-10(5-6-19-9)8-17(2)14(18)12-7-11(15)3-4-13(12)16/h3-7H,8,16H2,1-2H3. The van der Waals surface area contributed by atoms with Gasteiger partial charge in [0.1, 0.15) is 11.6 Å². The van der Waals surface area contributed by atoms with Crippen molar-refractivity contribution in [3.05, 3.63) is 53.2 Å². The maximum atomic E-state index is 13.2. The summed E-state index contributed by atoms with van der Waals surface area (Å²) in [5.41, 5.74) is 7.04. The summed E-state index contributed by atoms with van der Waals surface area (Å²) >= 11 is 0. The monoisotopic (exact) mass is 262 g/mol. The summed E-state index contributed by atoms with van der Waals surface area (Å²) in [6, 6.07) is 5.57. The molecule has 19 heavy (non-hydrogen) atoms. The molecule has 0 aliphatic carbocycles. The molecule has 0 atom stereocenters. The zero-order valence-corrected chi connectivity index (χ0v) is 10.8. The van der Waals surface area contributed by atoms with Crippen LogP contribution in [0.1, 0.15) is 21.7 Å². The molecule has 5 heteroatoms. The molecule has 0 aliphatic rings. The predicted molar refractivity (Wildman–Crippen MR) is 70.1 cm³/mol. The first kappa shape index (κ1) is 13.1. The number of anilines is 1. The van der Waals surface area contributed by atoms with Crippen LogP contribution in [0, 0.1) is 12.7 Å². The van der Waals surface area contributed by atoms with Crippen LogP contribution in [0.25, 0.3) is 0 Å². The van der Waals surface area contributed by atoms with Crippen molar-refractivity contribution in [1.29, 1.82) is 0 Å². The Morgan fingerprint density at radius 2 is 2.16 bits per heavy atom. The highest BCUT2D eigenvalue weighted by Gasteiger charge is 2.17. The number of nitrogen functional groups attached to an aromatic ring is 1. The van der Waals surface area contributed by atoms with Crippen molar-refractivity contribution >= 4 is 11.6 Å². The van der Waals surface area contributed by atoms with Crippen molar-refractivity contribution in [3.8, 4) is 0 Å². The Bertz CT molecular complexity index is 607. The van der Waals surface area contributed by atoms with Gasteiger partial charge in [-0.1, -0.05) is 0 Å². The van der Waals surface area contributed by atoms with Crippen LogP contribution in [0.2, 0.25) is 0 Å². The predicted octanol–water partition coefficient (Wildman–Crippen LogP) is 2.58. The number of aryl methyl sites for hydroxylation is 1. The molecule has 1 amide bonds. The number of rotatable bonds is 3. The summed E-state index contributed by atoms with van der Waals surface area (Å²) in [6.07, 6.45) is 1.57. The normalized spacial score (nSPS) is 10.5. The van der Waals surface area contributed by atoms with Gasteiger partial charge in [-0.3, -0.25) is 4.79 Å². The van der Waals surface area contributed by atoms with Crippen molar-refractivity contribution in [1.82, 2.24) is 4.90 Å². The molecule has 0 radical (unpaired) electrons. The van der Waals surface area contributed by atoms with Crippen LogP contribution in [-0.4, -0.2) is 17.9 Å². The van der Waals surface area contributed by atoms with E-state index in [2.05, 4.69) is 0 Å². The summed E-state index contributed by atoms with van der Waals surface area (Å²) in [6.45, 7) is 2.21. The van der Waals surface area contributed by atoms with Gasteiger partial charge in [0.2, 0.25) is 0 Å². The first-order chi connectivity index (χ1) is 8.99. The molecule has 0 aliphatic heterocycles. The van der Waals surface area contributed by atoms with E-state index in [1.54, 1.807) is 19.4 Å². The first-order valence-corrected chi connectivity index (χ1v) is 5.82. The molecule has 100 valence electrons. The van der Waals surface area contributed by atoms with Gasteiger partial charge in [0.15, 0.2) is 0 Å². The number of nitrogens with two attached hydrogens (primary N) is 1. The van der Waals surface area contributed by atoms with Crippen LogP contribution in [0.3, 0.4) is 0 Å². The number of nitrogens with zero attached hydrogens (tertiary/aromatic N) is 1. The Hall–Kier alpha value is -2.30. The van der Waals surface area contributed by atoms with E-state index in [1.807, 2.05) is 6.92 Å². The van der Waals surface area contributed by atoms with Crippen LogP contribution in [0.5, 0.6) is 0 Å². The smallest absolute Gasteiger partial charge is 0.256 e. The van der Waals surface area contributed by atoms with E-state index >= 15 is 0 Å². The fraction of sp³-hybridized carbons (Fsp3) is 0.214. The molecule has 4 nitrogen and oxygen atoms in total. The topological polar surface area (TPSA) is 59.5 Å². The summed E-state index contributed by atoms with van der Waals surface area (Å²) in [7, 11) is 1.64. The number of amides is 1. The fourth-order valence-electron chi connectivity index (χ4n) is 1.82. The quantitative estimate of drug-likeness (QED) is 0.865. The van der Waals surface area contributed by atoms with Gasteiger partial charge in [-0.15, -0.1) is 0 Å². The third-order valence-electron chi connectivity index (χ3n) is 2.97. The van der Waals surface area contributed by atoms with E-state index in [-0.39, 0.29) is 17.2 Å². The SMILES string of the molecule is Cc1occc1CN(C)C(=O)c1cc(F)ccc1N. The zero-order chi connectivity index (χ0) is 14.0. The average molecular weight is 262 g/mol. The summed E-state index contributed by atoms with van der Waals surface area (Å²) in [5, 5.41) is 0. The molecule has 2 rings (SSSR count).